The summed E-state index contributed by atoms with van der Waals surface area (Å²) >= 11 is 0. The SMILES string of the molecule is c1ccc(-c2nc(-c3ccccc3-n3c4ccccc4c4cc5c(cc43)c3ccccc3n5-c3ccccc3)c3oc4ccccc4c3n2)cc1. The highest BCUT2D eigenvalue weighted by Crippen LogP contribution is 2.43. The van der Waals surface area contributed by atoms with Gasteiger partial charge in [-0.05, 0) is 54.6 Å². The van der Waals surface area contributed by atoms with Crippen molar-refractivity contribution in [3.63, 3.8) is 0 Å². The highest BCUT2D eigenvalue weighted by molar-refractivity contribution is 6.19. The minimum atomic E-state index is 0.664. The Bertz CT molecular complexity index is 3130. The van der Waals surface area contributed by atoms with Gasteiger partial charge >= 0.3 is 0 Å². The molecule has 0 spiro atoms. The molecule has 7 aromatic carbocycles. The Balaban J connectivity index is 1.25. The van der Waals surface area contributed by atoms with Crippen LogP contribution in [0, 0.1) is 0 Å². The van der Waals surface area contributed by atoms with Gasteiger partial charge in [-0.1, -0.05) is 115 Å². The molecule has 0 fully saturated rings. The third-order valence-corrected chi connectivity index (χ3v) is 10.1. The normalized spacial score (nSPS) is 11.9. The number of rotatable bonds is 4. The molecule has 4 aromatic heterocycles. The minimum absolute atomic E-state index is 0.664. The fourth-order valence-corrected chi connectivity index (χ4v) is 7.90. The van der Waals surface area contributed by atoms with Crippen LogP contribution in [0.25, 0.3) is 99.7 Å². The number of hydrogen-bond acceptors (Lipinski definition) is 3. The molecule has 238 valence electrons. The first-order chi connectivity index (χ1) is 25.3. The van der Waals surface area contributed by atoms with Crippen molar-refractivity contribution in [3.05, 3.63) is 170 Å². The summed E-state index contributed by atoms with van der Waals surface area (Å²) in [6.07, 6.45) is 0. The van der Waals surface area contributed by atoms with E-state index in [4.69, 9.17) is 14.4 Å². The topological polar surface area (TPSA) is 48.8 Å². The summed E-state index contributed by atoms with van der Waals surface area (Å²) < 4.78 is 11.4. The van der Waals surface area contributed by atoms with Gasteiger partial charge < -0.3 is 13.6 Å². The molecule has 0 unspecified atom stereocenters. The maximum atomic E-state index is 6.59. The maximum Gasteiger partial charge on any atom is 0.180 e. The van der Waals surface area contributed by atoms with E-state index >= 15 is 0 Å². The van der Waals surface area contributed by atoms with Crippen molar-refractivity contribution in [2.75, 3.05) is 0 Å². The van der Waals surface area contributed by atoms with E-state index in [1.54, 1.807) is 0 Å². The van der Waals surface area contributed by atoms with Gasteiger partial charge in [-0.15, -0.1) is 0 Å². The molecule has 0 aliphatic heterocycles. The number of para-hydroxylation sites is 5. The van der Waals surface area contributed by atoms with Gasteiger partial charge in [-0.3, -0.25) is 0 Å². The molecule has 11 rings (SSSR count). The van der Waals surface area contributed by atoms with Crippen LogP contribution < -0.4 is 0 Å². The van der Waals surface area contributed by atoms with Crippen LogP contribution in [0.2, 0.25) is 0 Å². The molecule has 0 amide bonds. The lowest BCUT2D eigenvalue weighted by Gasteiger charge is -2.14. The molecule has 0 saturated carbocycles. The molecule has 51 heavy (non-hydrogen) atoms. The van der Waals surface area contributed by atoms with E-state index in [2.05, 4.69) is 143 Å². The quantitative estimate of drug-likeness (QED) is 0.190. The molecular weight excluding hydrogens is 625 g/mol. The average molecular weight is 653 g/mol. The molecule has 0 aliphatic rings. The summed E-state index contributed by atoms with van der Waals surface area (Å²) in [7, 11) is 0. The number of fused-ring (bicyclic) bond motifs is 9. The van der Waals surface area contributed by atoms with Crippen LogP contribution >= 0.6 is 0 Å². The Morgan fingerprint density at radius 2 is 1.00 bits per heavy atom. The molecule has 0 saturated heterocycles. The van der Waals surface area contributed by atoms with Gasteiger partial charge in [-0.25, -0.2) is 9.97 Å². The summed E-state index contributed by atoms with van der Waals surface area (Å²) in [5.74, 6) is 0.664. The van der Waals surface area contributed by atoms with Crippen LogP contribution in [0.4, 0.5) is 0 Å². The highest BCUT2D eigenvalue weighted by atomic mass is 16.3. The Labute approximate surface area is 292 Å². The molecule has 0 bridgehead atoms. The molecule has 5 nitrogen and oxygen atoms in total. The third kappa shape index (κ3) is 4.09. The van der Waals surface area contributed by atoms with Crippen molar-refractivity contribution in [2.24, 2.45) is 0 Å². The lowest BCUT2D eigenvalue weighted by Crippen LogP contribution is -2.00. The van der Waals surface area contributed by atoms with Crippen LogP contribution in [0.15, 0.2) is 174 Å². The van der Waals surface area contributed by atoms with Crippen molar-refractivity contribution in [1.82, 2.24) is 19.1 Å². The second-order valence-electron chi connectivity index (χ2n) is 13.0. The molecule has 0 N–H and O–H groups in total. The summed E-state index contributed by atoms with van der Waals surface area (Å²) in [6, 6.07) is 59.6. The first-order valence-electron chi connectivity index (χ1n) is 17.2. The van der Waals surface area contributed by atoms with Gasteiger partial charge in [0.15, 0.2) is 11.4 Å². The first kappa shape index (κ1) is 27.9. The fourth-order valence-electron chi connectivity index (χ4n) is 7.90. The van der Waals surface area contributed by atoms with Crippen molar-refractivity contribution in [3.8, 4) is 34.0 Å². The van der Waals surface area contributed by atoms with E-state index in [9.17, 15) is 0 Å². The standard InChI is InChI=1S/C46H28N4O/c1-3-15-29(16-4-1)46-47-43(45-44(48-46)34-22-10-14-26-42(34)51-45)33-21-9-13-25-39(33)50-38-24-12-8-20-32(38)36-27-40-35(28-41(36)50)31-19-7-11-23-37(31)49(40)30-17-5-2-6-18-30/h1-28H. The Kier molecular flexibility index (Phi) is 5.89. The minimum Gasteiger partial charge on any atom is -0.452 e. The lowest BCUT2D eigenvalue weighted by molar-refractivity contribution is 0.667. The van der Waals surface area contributed by atoms with Gasteiger partial charge in [-0.2, -0.15) is 0 Å². The van der Waals surface area contributed by atoms with Crippen LogP contribution in [-0.2, 0) is 0 Å². The summed E-state index contributed by atoms with van der Waals surface area (Å²) in [4.78, 5) is 10.4. The zero-order valence-electron chi connectivity index (χ0n) is 27.4. The Hall–Kier alpha value is -6.98. The van der Waals surface area contributed by atoms with Crippen molar-refractivity contribution < 1.29 is 4.42 Å². The zero-order valence-corrected chi connectivity index (χ0v) is 27.4. The molecule has 5 heteroatoms. The van der Waals surface area contributed by atoms with Gasteiger partial charge in [0.2, 0.25) is 0 Å². The van der Waals surface area contributed by atoms with E-state index in [0.717, 1.165) is 55.7 Å². The van der Waals surface area contributed by atoms with E-state index < -0.39 is 0 Å². The molecule has 4 heterocycles. The first-order valence-corrected chi connectivity index (χ1v) is 17.2. The Morgan fingerprint density at radius 1 is 0.431 bits per heavy atom. The van der Waals surface area contributed by atoms with Crippen LogP contribution in [-0.4, -0.2) is 19.1 Å². The van der Waals surface area contributed by atoms with Gasteiger partial charge in [0.25, 0.3) is 0 Å². The lowest BCUT2D eigenvalue weighted by atomic mass is 10.1. The number of benzene rings is 7. The van der Waals surface area contributed by atoms with Crippen LogP contribution in [0.1, 0.15) is 0 Å². The van der Waals surface area contributed by atoms with Gasteiger partial charge in [0.1, 0.15) is 16.8 Å². The number of nitrogens with zero attached hydrogens (tertiary/aromatic N) is 4. The zero-order chi connectivity index (χ0) is 33.5. The van der Waals surface area contributed by atoms with Crippen molar-refractivity contribution in [1.29, 1.82) is 0 Å². The molecule has 0 atom stereocenters. The van der Waals surface area contributed by atoms with E-state index in [-0.39, 0.29) is 0 Å². The second-order valence-corrected chi connectivity index (χ2v) is 13.0. The number of aromatic nitrogens is 4. The van der Waals surface area contributed by atoms with Crippen LogP contribution in [0.5, 0.6) is 0 Å². The van der Waals surface area contributed by atoms with Crippen molar-refractivity contribution in [2.45, 2.75) is 0 Å². The fraction of sp³-hybridized carbons (Fsp3) is 0. The second kappa shape index (κ2) is 10.8. The molecule has 0 aliphatic carbocycles. The predicted octanol–water partition coefficient (Wildman–Crippen LogP) is 11.9. The molecule has 11 aromatic rings. The van der Waals surface area contributed by atoms with E-state index in [0.29, 0.717) is 11.4 Å². The Morgan fingerprint density at radius 3 is 1.75 bits per heavy atom. The van der Waals surface area contributed by atoms with E-state index in [1.165, 1.54) is 32.6 Å². The van der Waals surface area contributed by atoms with Gasteiger partial charge in [0.05, 0.1) is 27.8 Å². The predicted molar refractivity (Wildman–Crippen MR) is 209 cm³/mol. The number of furan rings is 1. The van der Waals surface area contributed by atoms with E-state index in [1.807, 2.05) is 36.4 Å². The van der Waals surface area contributed by atoms with Crippen molar-refractivity contribution >= 4 is 65.7 Å². The average Bonchev–Trinajstić information content (AvgIpc) is 3.85. The smallest absolute Gasteiger partial charge is 0.180 e. The maximum absolute atomic E-state index is 6.59. The number of hydrogen-bond donors (Lipinski definition) is 0. The summed E-state index contributed by atoms with van der Waals surface area (Å²) in [6.45, 7) is 0. The summed E-state index contributed by atoms with van der Waals surface area (Å²) in [5, 5.41) is 5.78. The largest absolute Gasteiger partial charge is 0.452 e. The monoisotopic (exact) mass is 652 g/mol. The molecule has 0 radical (unpaired) electrons. The van der Waals surface area contributed by atoms with Crippen LogP contribution in [0.3, 0.4) is 0 Å². The third-order valence-electron chi connectivity index (χ3n) is 10.1. The summed E-state index contributed by atoms with van der Waals surface area (Å²) in [5.41, 5.74) is 11.7. The molecular formula is C46H28N4O. The highest BCUT2D eigenvalue weighted by Gasteiger charge is 2.23. The van der Waals surface area contributed by atoms with Gasteiger partial charge in [0, 0.05) is 43.7 Å².